The average Bonchev–Trinajstić information content (AvgIpc) is 2.65. The van der Waals surface area contributed by atoms with Crippen LogP contribution in [0.4, 0.5) is 4.79 Å². The number of rotatable bonds is 4. The molecule has 1 aromatic carbocycles. The SMILES string of the molecule is COC(=O)N1CCN(C(=O)c2cc(OC)c(OC)c(OC)c2)CC1. The summed E-state index contributed by atoms with van der Waals surface area (Å²) in [6, 6.07) is 3.24. The van der Waals surface area contributed by atoms with Crippen molar-refractivity contribution in [3.8, 4) is 17.2 Å². The molecule has 0 atom stereocenters. The number of piperazine rings is 1. The van der Waals surface area contributed by atoms with E-state index in [-0.39, 0.29) is 12.0 Å². The van der Waals surface area contributed by atoms with Crippen molar-refractivity contribution in [2.45, 2.75) is 0 Å². The molecule has 0 bridgehead atoms. The Labute approximate surface area is 140 Å². The number of ether oxygens (including phenoxy) is 4. The monoisotopic (exact) mass is 338 g/mol. The molecule has 0 radical (unpaired) electrons. The van der Waals surface area contributed by atoms with Gasteiger partial charge in [-0.2, -0.15) is 0 Å². The molecular formula is C16H22N2O6. The number of carbonyl (C=O) groups is 2. The van der Waals surface area contributed by atoms with Crippen molar-refractivity contribution in [1.82, 2.24) is 9.80 Å². The number of amides is 2. The number of nitrogens with zero attached hydrogens (tertiary/aromatic N) is 2. The molecule has 2 amide bonds. The Kier molecular flexibility index (Phi) is 5.73. The Balaban J connectivity index is 2.17. The minimum atomic E-state index is -0.380. The van der Waals surface area contributed by atoms with Crippen molar-refractivity contribution in [3.05, 3.63) is 17.7 Å². The van der Waals surface area contributed by atoms with Crippen molar-refractivity contribution in [3.63, 3.8) is 0 Å². The van der Waals surface area contributed by atoms with Crippen molar-refractivity contribution < 1.29 is 28.5 Å². The maximum atomic E-state index is 12.7. The molecule has 1 heterocycles. The highest BCUT2D eigenvalue weighted by molar-refractivity contribution is 5.95. The van der Waals surface area contributed by atoms with Crippen LogP contribution in [0.25, 0.3) is 0 Å². The summed E-state index contributed by atoms with van der Waals surface area (Å²) in [5, 5.41) is 0. The maximum absolute atomic E-state index is 12.7. The summed E-state index contributed by atoms with van der Waals surface area (Å²) >= 11 is 0. The number of methoxy groups -OCH3 is 4. The Morgan fingerprint density at radius 2 is 1.33 bits per heavy atom. The summed E-state index contributed by atoms with van der Waals surface area (Å²) in [6.45, 7) is 1.74. The lowest BCUT2D eigenvalue weighted by atomic mass is 10.1. The molecule has 132 valence electrons. The van der Waals surface area contributed by atoms with E-state index < -0.39 is 0 Å². The van der Waals surface area contributed by atoms with Gasteiger partial charge >= 0.3 is 6.09 Å². The van der Waals surface area contributed by atoms with Gasteiger partial charge in [0.15, 0.2) is 11.5 Å². The smallest absolute Gasteiger partial charge is 0.409 e. The van der Waals surface area contributed by atoms with Crippen molar-refractivity contribution in [1.29, 1.82) is 0 Å². The summed E-state index contributed by atoms with van der Waals surface area (Å²) in [5.74, 6) is 1.13. The van der Waals surface area contributed by atoms with Crippen LogP contribution in [-0.2, 0) is 4.74 Å². The van der Waals surface area contributed by atoms with E-state index in [0.29, 0.717) is 49.0 Å². The zero-order valence-electron chi connectivity index (χ0n) is 14.3. The Hall–Kier alpha value is -2.64. The minimum absolute atomic E-state index is 0.154. The van der Waals surface area contributed by atoms with Crippen LogP contribution in [0.1, 0.15) is 10.4 Å². The number of hydrogen-bond donors (Lipinski definition) is 0. The predicted octanol–water partition coefficient (Wildman–Crippen LogP) is 1.24. The quantitative estimate of drug-likeness (QED) is 0.822. The molecule has 1 aliphatic heterocycles. The first-order valence-corrected chi connectivity index (χ1v) is 7.47. The van der Waals surface area contributed by atoms with Gasteiger partial charge in [-0.3, -0.25) is 4.79 Å². The zero-order chi connectivity index (χ0) is 17.7. The van der Waals surface area contributed by atoms with Crippen LogP contribution in [0.2, 0.25) is 0 Å². The molecule has 8 nitrogen and oxygen atoms in total. The molecule has 0 saturated carbocycles. The first-order valence-electron chi connectivity index (χ1n) is 7.47. The molecule has 0 N–H and O–H groups in total. The van der Waals surface area contributed by atoms with E-state index in [4.69, 9.17) is 18.9 Å². The Morgan fingerprint density at radius 3 is 1.75 bits per heavy atom. The van der Waals surface area contributed by atoms with Gasteiger partial charge in [-0.15, -0.1) is 0 Å². The van der Waals surface area contributed by atoms with E-state index in [9.17, 15) is 9.59 Å². The van der Waals surface area contributed by atoms with Crippen molar-refractivity contribution in [2.75, 3.05) is 54.6 Å². The topological polar surface area (TPSA) is 77.5 Å². The summed E-state index contributed by atoms with van der Waals surface area (Å²) in [5.41, 5.74) is 0.441. The number of hydrogen-bond acceptors (Lipinski definition) is 6. The second-order valence-electron chi connectivity index (χ2n) is 5.16. The Bertz CT molecular complexity index is 586. The van der Waals surface area contributed by atoms with Crippen LogP contribution in [-0.4, -0.2) is 76.4 Å². The van der Waals surface area contributed by atoms with Crippen LogP contribution in [0, 0.1) is 0 Å². The van der Waals surface area contributed by atoms with E-state index >= 15 is 0 Å². The van der Waals surface area contributed by atoms with Crippen LogP contribution >= 0.6 is 0 Å². The van der Waals surface area contributed by atoms with Crippen LogP contribution in [0.3, 0.4) is 0 Å². The van der Waals surface area contributed by atoms with E-state index in [1.54, 1.807) is 21.9 Å². The van der Waals surface area contributed by atoms with Crippen LogP contribution < -0.4 is 14.2 Å². The normalized spacial score (nSPS) is 14.2. The molecule has 1 saturated heterocycles. The first-order chi connectivity index (χ1) is 11.5. The lowest BCUT2D eigenvalue weighted by Crippen LogP contribution is -2.50. The molecule has 0 unspecified atom stereocenters. The molecular weight excluding hydrogens is 316 g/mol. The average molecular weight is 338 g/mol. The zero-order valence-corrected chi connectivity index (χ0v) is 14.3. The summed E-state index contributed by atoms with van der Waals surface area (Å²) in [6.07, 6.45) is -0.380. The summed E-state index contributed by atoms with van der Waals surface area (Å²) < 4.78 is 20.5. The molecule has 0 aliphatic carbocycles. The van der Waals surface area contributed by atoms with Gasteiger partial charge in [-0.25, -0.2) is 4.79 Å². The van der Waals surface area contributed by atoms with Gasteiger partial charge in [0.25, 0.3) is 5.91 Å². The van der Waals surface area contributed by atoms with E-state index in [1.165, 1.54) is 28.4 Å². The largest absolute Gasteiger partial charge is 0.493 e. The number of benzene rings is 1. The van der Waals surface area contributed by atoms with Crippen molar-refractivity contribution in [2.24, 2.45) is 0 Å². The first kappa shape index (κ1) is 17.7. The van der Waals surface area contributed by atoms with Crippen LogP contribution in [0.5, 0.6) is 17.2 Å². The van der Waals surface area contributed by atoms with Gasteiger partial charge in [-0.05, 0) is 12.1 Å². The van der Waals surface area contributed by atoms with Crippen molar-refractivity contribution >= 4 is 12.0 Å². The molecule has 1 aromatic rings. The third kappa shape index (κ3) is 3.47. The fraction of sp³-hybridized carbons (Fsp3) is 0.500. The molecule has 1 aliphatic rings. The standard InChI is InChI=1S/C16H22N2O6/c1-21-12-9-11(10-13(22-2)14(12)23-3)15(19)17-5-7-18(8-6-17)16(20)24-4/h9-10H,5-8H2,1-4H3. The van der Waals surface area contributed by atoms with Gasteiger partial charge in [0.2, 0.25) is 5.75 Å². The predicted molar refractivity (Wildman–Crippen MR) is 86.0 cm³/mol. The van der Waals surface area contributed by atoms with Gasteiger partial charge in [0.05, 0.1) is 28.4 Å². The summed E-state index contributed by atoms with van der Waals surface area (Å²) in [7, 11) is 5.85. The third-order valence-corrected chi connectivity index (χ3v) is 3.91. The molecule has 0 spiro atoms. The molecule has 0 aromatic heterocycles. The van der Waals surface area contributed by atoms with Gasteiger partial charge in [0.1, 0.15) is 0 Å². The van der Waals surface area contributed by atoms with E-state index in [2.05, 4.69) is 0 Å². The van der Waals surface area contributed by atoms with Gasteiger partial charge in [0, 0.05) is 31.7 Å². The minimum Gasteiger partial charge on any atom is -0.493 e. The second-order valence-corrected chi connectivity index (χ2v) is 5.16. The number of carbonyl (C=O) groups excluding carboxylic acids is 2. The molecule has 2 rings (SSSR count). The van der Waals surface area contributed by atoms with Crippen LogP contribution in [0.15, 0.2) is 12.1 Å². The fourth-order valence-corrected chi connectivity index (χ4v) is 2.61. The molecule has 8 heteroatoms. The maximum Gasteiger partial charge on any atom is 0.409 e. The lowest BCUT2D eigenvalue weighted by molar-refractivity contribution is 0.0599. The van der Waals surface area contributed by atoms with Gasteiger partial charge in [-0.1, -0.05) is 0 Å². The Morgan fingerprint density at radius 1 is 0.833 bits per heavy atom. The van der Waals surface area contributed by atoms with Gasteiger partial charge < -0.3 is 28.7 Å². The summed E-state index contributed by atoms with van der Waals surface area (Å²) in [4.78, 5) is 27.5. The highest BCUT2D eigenvalue weighted by Gasteiger charge is 2.26. The highest BCUT2D eigenvalue weighted by atomic mass is 16.5. The molecule has 24 heavy (non-hydrogen) atoms. The fourth-order valence-electron chi connectivity index (χ4n) is 2.61. The molecule has 1 fully saturated rings. The second kappa shape index (κ2) is 7.76. The lowest BCUT2D eigenvalue weighted by Gasteiger charge is -2.34. The third-order valence-electron chi connectivity index (χ3n) is 3.91. The van der Waals surface area contributed by atoms with E-state index in [0.717, 1.165) is 0 Å². The highest BCUT2D eigenvalue weighted by Crippen LogP contribution is 2.38. The van der Waals surface area contributed by atoms with E-state index in [1.807, 2.05) is 0 Å².